The van der Waals surface area contributed by atoms with Gasteiger partial charge in [0.15, 0.2) is 0 Å². The van der Waals surface area contributed by atoms with Crippen LogP contribution in [0.5, 0.6) is 0 Å². The lowest BCUT2D eigenvalue weighted by molar-refractivity contribution is 0.604. The van der Waals surface area contributed by atoms with Crippen molar-refractivity contribution in [3.05, 3.63) is 34.7 Å². The lowest BCUT2D eigenvalue weighted by atomic mass is 9.94. The lowest BCUT2D eigenvalue weighted by Crippen LogP contribution is -2.07. The van der Waals surface area contributed by atoms with E-state index in [1.807, 2.05) is 11.3 Å². The first kappa shape index (κ1) is 10.7. The fourth-order valence-electron chi connectivity index (χ4n) is 1.59. The van der Waals surface area contributed by atoms with Crippen LogP contribution in [0.3, 0.4) is 0 Å². The van der Waals surface area contributed by atoms with Crippen LogP contribution in [0.4, 0.5) is 0 Å². The summed E-state index contributed by atoms with van der Waals surface area (Å²) in [6.07, 6.45) is 0. The van der Waals surface area contributed by atoms with Gasteiger partial charge in [-0.2, -0.15) is 0 Å². The SMILES string of the molecule is CC(C)(C)c1cc2cc(CN)ccc2s1. The highest BCUT2D eigenvalue weighted by atomic mass is 32.1. The number of rotatable bonds is 1. The molecule has 2 rings (SSSR count). The maximum atomic E-state index is 5.64. The molecule has 80 valence electrons. The summed E-state index contributed by atoms with van der Waals surface area (Å²) in [6, 6.07) is 8.78. The highest BCUT2D eigenvalue weighted by Crippen LogP contribution is 2.34. The van der Waals surface area contributed by atoms with Gasteiger partial charge in [-0.15, -0.1) is 11.3 Å². The Balaban J connectivity index is 2.56. The molecule has 0 saturated carbocycles. The minimum absolute atomic E-state index is 0.243. The zero-order valence-electron chi connectivity index (χ0n) is 9.50. The molecule has 0 spiro atoms. The van der Waals surface area contributed by atoms with E-state index in [1.54, 1.807) is 0 Å². The van der Waals surface area contributed by atoms with Gasteiger partial charge < -0.3 is 5.73 Å². The molecule has 0 bridgehead atoms. The van der Waals surface area contributed by atoms with Crippen molar-refractivity contribution in [2.45, 2.75) is 32.7 Å². The Bertz CT molecular complexity index is 477. The van der Waals surface area contributed by atoms with Gasteiger partial charge in [0.1, 0.15) is 0 Å². The van der Waals surface area contributed by atoms with Crippen molar-refractivity contribution in [1.82, 2.24) is 0 Å². The molecule has 1 aromatic heterocycles. The van der Waals surface area contributed by atoms with E-state index < -0.39 is 0 Å². The minimum Gasteiger partial charge on any atom is -0.326 e. The fourth-order valence-corrected chi connectivity index (χ4v) is 2.69. The Morgan fingerprint density at radius 2 is 1.93 bits per heavy atom. The molecule has 1 nitrogen and oxygen atoms in total. The second-order valence-electron chi connectivity index (χ2n) is 4.94. The van der Waals surface area contributed by atoms with Crippen LogP contribution in [0.25, 0.3) is 10.1 Å². The molecule has 2 aromatic rings. The van der Waals surface area contributed by atoms with Crippen molar-refractivity contribution >= 4 is 21.4 Å². The van der Waals surface area contributed by atoms with Gasteiger partial charge in [-0.3, -0.25) is 0 Å². The maximum Gasteiger partial charge on any atom is 0.0346 e. The van der Waals surface area contributed by atoms with Crippen molar-refractivity contribution in [3.8, 4) is 0 Å². The van der Waals surface area contributed by atoms with Gasteiger partial charge in [0.05, 0.1) is 0 Å². The molecule has 15 heavy (non-hydrogen) atoms. The van der Waals surface area contributed by atoms with Crippen LogP contribution in [0.1, 0.15) is 31.2 Å². The molecule has 1 aromatic carbocycles. The van der Waals surface area contributed by atoms with Crippen molar-refractivity contribution in [2.75, 3.05) is 0 Å². The summed E-state index contributed by atoms with van der Waals surface area (Å²) in [5, 5.41) is 1.33. The molecule has 0 aliphatic carbocycles. The van der Waals surface area contributed by atoms with Crippen LogP contribution in [-0.2, 0) is 12.0 Å². The molecule has 0 amide bonds. The van der Waals surface area contributed by atoms with Crippen LogP contribution >= 0.6 is 11.3 Å². The third-order valence-corrected chi connectivity index (χ3v) is 4.10. The average Bonchev–Trinajstić information content (AvgIpc) is 2.59. The van der Waals surface area contributed by atoms with Crippen LogP contribution in [-0.4, -0.2) is 0 Å². The largest absolute Gasteiger partial charge is 0.326 e. The lowest BCUT2D eigenvalue weighted by Gasteiger charge is -2.14. The van der Waals surface area contributed by atoms with Gasteiger partial charge in [0.2, 0.25) is 0 Å². The molecule has 2 N–H and O–H groups in total. The van der Waals surface area contributed by atoms with Crippen LogP contribution in [0, 0.1) is 0 Å². The van der Waals surface area contributed by atoms with E-state index >= 15 is 0 Å². The molecular weight excluding hydrogens is 202 g/mol. The molecule has 2 heteroatoms. The Morgan fingerprint density at radius 1 is 1.20 bits per heavy atom. The number of hydrogen-bond donors (Lipinski definition) is 1. The first-order valence-electron chi connectivity index (χ1n) is 5.24. The predicted molar refractivity (Wildman–Crippen MR) is 68.4 cm³/mol. The summed E-state index contributed by atoms with van der Waals surface area (Å²) < 4.78 is 1.36. The zero-order valence-corrected chi connectivity index (χ0v) is 10.3. The highest BCUT2D eigenvalue weighted by Gasteiger charge is 2.16. The second-order valence-corrected chi connectivity index (χ2v) is 6.02. The van der Waals surface area contributed by atoms with E-state index in [0.717, 1.165) is 0 Å². The molecule has 1 heterocycles. The second kappa shape index (κ2) is 3.62. The molecule has 0 unspecified atom stereocenters. The minimum atomic E-state index is 0.243. The summed E-state index contributed by atoms with van der Waals surface area (Å²) >= 11 is 1.88. The van der Waals surface area contributed by atoms with Crippen LogP contribution < -0.4 is 5.73 Å². The first-order valence-corrected chi connectivity index (χ1v) is 6.05. The number of fused-ring (bicyclic) bond motifs is 1. The molecular formula is C13H17NS. The van der Waals surface area contributed by atoms with Crippen molar-refractivity contribution < 1.29 is 0 Å². The smallest absolute Gasteiger partial charge is 0.0346 e. The molecule has 0 aliphatic rings. The predicted octanol–water partition coefficient (Wildman–Crippen LogP) is 3.66. The summed E-state index contributed by atoms with van der Waals surface area (Å²) in [4.78, 5) is 1.44. The van der Waals surface area contributed by atoms with Crippen LogP contribution in [0.2, 0.25) is 0 Å². The maximum absolute atomic E-state index is 5.64. The topological polar surface area (TPSA) is 26.0 Å². The average molecular weight is 219 g/mol. The van der Waals surface area contributed by atoms with E-state index in [0.29, 0.717) is 6.54 Å². The number of benzene rings is 1. The Morgan fingerprint density at radius 3 is 2.53 bits per heavy atom. The molecule has 0 atom stereocenters. The summed E-state index contributed by atoms with van der Waals surface area (Å²) in [6.45, 7) is 7.38. The number of thiophene rings is 1. The first-order chi connectivity index (χ1) is 7.00. The Kier molecular flexibility index (Phi) is 2.57. The standard InChI is InChI=1S/C13H17NS/c1-13(2,3)12-7-10-6-9(8-14)4-5-11(10)15-12/h4-7H,8,14H2,1-3H3. The third-order valence-electron chi connectivity index (χ3n) is 2.56. The summed E-state index contributed by atoms with van der Waals surface area (Å²) in [5.41, 5.74) is 7.09. The fraction of sp³-hybridized carbons (Fsp3) is 0.385. The molecule has 0 fully saturated rings. The van der Waals surface area contributed by atoms with Gasteiger partial charge in [-0.25, -0.2) is 0 Å². The highest BCUT2D eigenvalue weighted by molar-refractivity contribution is 7.19. The molecule has 0 saturated heterocycles. The van der Waals surface area contributed by atoms with Gasteiger partial charge in [-0.1, -0.05) is 26.8 Å². The molecule has 0 aliphatic heterocycles. The number of hydrogen-bond acceptors (Lipinski definition) is 2. The van der Waals surface area contributed by atoms with Crippen molar-refractivity contribution in [3.63, 3.8) is 0 Å². The summed E-state index contributed by atoms with van der Waals surface area (Å²) in [7, 11) is 0. The normalized spacial score (nSPS) is 12.3. The summed E-state index contributed by atoms with van der Waals surface area (Å²) in [5.74, 6) is 0. The number of nitrogens with two attached hydrogens (primary N) is 1. The van der Waals surface area contributed by atoms with E-state index in [1.165, 1.54) is 20.5 Å². The van der Waals surface area contributed by atoms with E-state index in [9.17, 15) is 0 Å². The Labute approximate surface area is 94.9 Å². The zero-order chi connectivity index (χ0) is 11.1. The van der Waals surface area contributed by atoms with Crippen molar-refractivity contribution in [1.29, 1.82) is 0 Å². The Hall–Kier alpha value is -0.860. The van der Waals surface area contributed by atoms with Gasteiger partial charge in [0, 0.05) is 16.1 Å². The van der Waals surface area contributed by atoms with Gasteiger partial charge in [-0.05, 0) is 34.6 Å². The van der Waals surface area contributed by atoms with Crippen LogP contribution in [0.15, 0.2) is 24.3 Å². The molecule has 0 radical (unpaired) electrons. The third kappa shape index (κ3) is 2.06. The monoisotopic (exact) mass is 219 g/mol. The van der Waals surface area contributed by atoms with Gasteiger partial charge >= 0.3 is 0 Å². The van der Waals surface area contributed by atoms with E-state index in [-0.39, 0.29) is 5.41 Å². The van der Waals surface area contributed by atoms with E-state index in [2.05, 4.69) is 45.0 Å². The quantitative estimate of drug-likeness (QED) is 0.778. The van der Waals surface area contributed by atoms with Gasteiger partial charge in [0.25, 0.3) is 0 Å². The van der Waals surface area contributed by atoms with E-state index in [4.69, 9.17) is 5.73 Å². The van der Waals surface area contributed by atoms with Crippen molar-refractivity contribution in [2.24, 2.45) is 5.73 Å².